The number of rotatable bonds is 2. The van der Waals surface area contributed by atoms with Crippen molar-refractivity contribution in [3.63, 3.8) is 0 Å². The molecule has 2 heteroatoms. The van der Waals surface area contributed by atoms with Crippen LogP contribution < -0.4 is 5.32 Å². The zero-order valence-corrected chi connectivity index (χ0v) is 10.7. The van der Waals surface area contributed by atoms with Crippen molar-refractivity contribution < 1.29 is 0 Å². The summed E-state index contributed by atoms with van der Waals surface area (Å²) in [4.78, 5) is 2.64. The zero-order valence-electron chi connectivity index (χ0n) is 10.7. The van der Waals surface area contributed by atoms with Crippen molar-refractivity contribution in [2.45, 2.75) is 32.1 Å². The standard InChI is InChI=1S/C15H22N2/c1-12-5-4-6-14-13(7-8-16-15(12)14)11-17-9-2-3-10-17/h4-6,13,16H,2-3,7-11H2,1H3. The minimum atomic E-state index is 0.740. The minimum Gasteiger partial charge on any atom is -0.385 e. The van der Waals surface area contributed by atoms with E-state index >= 15 is 0 Å². The van der Waals surface area contributed by atoms with Crippen LogP contribution in [0.25, 0.3) is 0 Å². The molecule has 17 heavy (non-hydrogen) atoms. The monoisotopic (exact) mass is 230 g/mol. The maximum absolute atomic E-state index is 3.57. The molecule has 0 saturated carbocycles. The van der Waals surface area contributed by atoms with E-state index in [1.807, 2.05) is 0 Å². The lowest BCUT2D eigenvalue weighted by molar-refractivity contribution is 0.307. The van der Waals surface area contributed by atoms with Gasteiger partial charge in [-0.05, 0) is 50.4 Å². The molecule has 2 heterocycles. The Hall–Kier alpha value is -1.02. The summed E-state index contributed by atoms with van der Waals surface area (Å²) in [6.07, 6.45) is 4.07. The van der Waals surface area contributed by atoms with Gasteiger partial charge in [-0.3, -0.25) is 0 Å². The molecule has 0 aliphatic carbocycles. The number of aryl methyl sites for hydroxylation is 1. The SMILES string of the molecule is Cc1cccc2c1NCCC2CN1CCCC1. The molecule has 92 valence electrons. The first-order valence-corrected chi connectivity index (χ1v) is 6.90. The average Bonchev–Trinajstić information content (AvgIpc) is 2.83. The fraction of sp³-hybridized carbons (Fsp3) is 0.600. The number of nitrogens with one attached hydrogen (secondary N) is 1. The molecule has 1 aromatic rings. The van der Waals surface area contributed by atoms with Crippen molar-refractivity contribution >= 4 is 5.69 Å². The zero-order chi connectivity index (χ0) is 11.7. The molecule has 0 bridgehead atoms. The predicted octanol–water partition coefficient (Wildman–Crippen LogP) is 2.99. The number of hydrogen-bond acceptors (Lipinski definition) is 2. The van der Waals surface area contributed by atoms with E-state index in [-0.39, 0.29) is 0 Å². The van der Waals surface area contributed by atoms with E-state index in [2.05, 4.69) is 35.3 Å². The number of nitrogens with zero attached hydrogens (tertiary/aromatic N) is 1. The van der Waals surface area contributed by atoms with Gasteiger partial charge in [-0.25, -0.2) is 0 Å². The molecule has 0 aromatic heterocycles. The van der Waals surface area contributed by atoms with E-state index in [4.69, 9.17) is 0 Å². The quantitative estimate of drug-likeness (QED) is 0.840. The highest BCUT2D eigenvalue weighted by Crippen LogP contribution is 2.34. The van der Waals surface area contributed by atoms with Crippen LogP contribution in [0.2, 0.25) is 0 Å². The first kappa shape index (κ1) is 11.1. The second-order valence-electron chi connectivity index (χ2n) is 5.46. The second kappa shape index (κ2) is 4.69. The summed E-state index contributed by atoms with van der Waals surface area (Å²) in [6, 6.07) is 6.73. The van der Waals surface area contributed by atoms with Gasteiger partial charge in [-0.2, -0.15) is 0 Å². The third kappa shape index (κ3) is 2.19. The highest BCUT2D eigenvalue weighted by atomic mass is 15.1. The molecule has 0 amide bonds. The van der Waals surface area contributed by atoms with Crippen molar-refractivity contribution in [2.24, 2.45) is 0 Å². The van der Waals surface area contributed by atoms with Gasteiger partial charge in [0, 0.05) is 24.7 Å². The topological polar surface area (TPSA) is 15.3 Å². The van der Waals surface area contributed by atoms with E-state index in [9.17, 15) is 0 Å². The molecule has 1 fully saturated rings. The van der Waals surface area contributed by atoms with Crippen LogP contribution in [-0.2, 0) is 0 Å². The summed E-state index contributed by atoms with van der Waals surface area (Å²) in [6.45, 7) is 7.23. The molecule has 0 radical (unpaired) electrons. The molecule has 0 spiro atoms. The normalized spacial score (nSPS) is 24.4. The minimum absolute atomic E-state index is 0.740. The van der Waals surface area contributed by atoms with E-state index in [0.29, 0.717) is 0 Å². The molecule has 1 aromatic carbocycles. The largest absolute Gasteiger partial charge is 0.385 e. The maximum atomic E-state index is 3.57. The van der Waals surface area contributed by atoms with Gasteiger partial charge in [0.05, 0.1) is 0 Å². The van der Waals surface area contributed by atoms with Gasteiger partial charge in [-0.1, -0.05) is 18.2 Å². The number of fused-ring (bicyclic) bond motifs is 1. The first-order chi connectivity index (χ1) is 8.34. The smallest absolute Gasteiger partial charge is 0.0405 e. The van der Waals surface area contributed by atoms with Gasteiger partial charge < -0.3 is 10.2 Å². The summed E-state index contributed by atoms with van der Waals surface area (Å²) in [7, 11) is 0. The first-order valence-electron chi connectivity index (χ1n) is 6.90. The number of anilines is 1. The van der Waals surface area contributed by atoms with Crippen molar-refractivity contribution in [1.82, 2.24) is 4.90 Å². The van der Waals surface area contributed by atoms with Gasteiger partial charge in [0.25, 0.3) is 0 Å². The van der Waals surface area contributed by atoms with Crippen molar-refractivity contribution in [1.29, 1.82) is 0 Å². The van der Waals surface area contributed by atoms with E-state index in [1.165, 1.54) is 50.1 Å². The third-order valence-corrected chi connectivity index (χ3v) is 4.22. The number of likely N-dealkylation sites (tertiary alicyclic amines) is 1. The fourth-order valence-electron chi connectivity index (χ4n) is 3.27. The lowest BCUT2D eigenvalue weighted by Crippen LogP contribution is -2.29. The van der Waals surface area contributed by atoms with Crippen LogP contribution in [0.1, 0.15) is 36.3 Å². The fourth-order valence-corrected chi connectivity index (χ4v) is 3.27. The highest BCUT2D eigenvalue weighted by Gasteiger charge is 2.24. The molecule has 1 unspecified atom stereocenters. The van der Waals surface area contributed by atoms with Crippen molar-refractivity contribution in [3.8, 4) is 0 Å². The van der Waals surface area contributed by atoms with Crippen LogP contribution in [0.3, 0.4) is 0 Å². The van der Waals surface area contributed by atoms with E-state index < -0.39 is 0 Å². The van der Waals surface area contributed by atoms with Crippen LogP contribution in [0.4, 0.5) is 5.69 Å². The van der Waals surface area contributed by atoms with Crippen LogP contribution >= 0.6 is 0 Å². The number of hydrogen-bond donors (Lipinski definition) is 1. The highest BCUT2D eigenvalue weighted by molar-refractivity contribution is 5.60. The lowest BCUT2D eigenvalue weighted by atomic mass is 9.89. The van der Waals surface area contributed by atoms with Crippen LogP contribution in [0.15, 0.2) is 18.2 Å². The molecular formula is C15H22N2. The van der Waals surface area contributed by atoms with Gasteiger partial charge in [0.15, 0.2) is 0 Å². The molecule has 2 aliphatic rings. The summed E-state index contributed by atoms with van der Waals surface area (Å²) >= 11 is 0. The Kier molecular flexibility index (Phi) is 3.06. The Morgan fingerprint density at radius 3 is 2.94 bits per heavy atom. The molecular weight excluding hydrogens is 208 g/mol. The van der Waals surface area contributed by atoms with Gasteiger partial charge in [0.2, 0.25) is 0 Å². The Morgan fingerprint density at radius 1 is 1.29 bits per heavy atom. The van der Waals surface area contributed by atoms with Crippen LogP contribution in [-0.4, -0.2) is 31.1 Å². The maximum Gasteiger partial charge on any atom is 0.0405 e. The third-order valence-electron chi connectivity index (χ3n) is 4.22. The number of para-hydroxylation sites is 1. The van der Waals surface area contributed by atoms with Crippen LogP contribution in [0.5, 0.6) is 0 Å². The summed E-state index contributed by atoms with van der Waals surface area (Å²) in [5.74, 6) is 0.740. The summed E-state index contributed by atoms with van der Waals surface area (Å²) in [5, 5.41) is 3.57. The van der Waals surface area contributed by atoms with Crippen LogP contribution in [0, 0.1) is 6.92 Å². The molecule has 1 saturated heterocycles. The van der Waals surface area contributed by atoms with Gasteiger partial charge >= 0.3 is 0 Å². The van der Waals surface area contributed by atoms with E-state index in [1.54, 1.807) is 5.56 Å². The molecule has 2 nitrogen and oxygen atoms in total. The predicted molar refractivity (Wildman–Crippen MR) is 72.7 cm³/mol. The Morgan fingerprint density at radius 2 is 2.12 bits per heavy atom. The Balaban J connectivity index is 1.81. The molecule has 3 rings (SSSR count). The van der Waals surface area contributed by atoms with Crippen molar-refractivity contribution in [2.75, 3.05) is 31.5 Å². The Labute approximate surface area is 104 Å². The van der Waals surface area contributed by atoms with Gasteiger partial charge in [-0.15, -0.1) is 0 Å². The number of benzene rings is 1. The second-order valence-corrected chi connectivity index (χ2v) is 5.46. The Bertz CT molecular complexity index is 394. The van der Waals surface area contributed by atoms with Crippen molar-refractivity contribution in [3.05, 3.63) is 29.3 Å². The molecule has 1 atom stereocenters. The molecule has 1 N–H and O–H groups in total. The van der Waals surface area contributed by atoms with Gasteiger partial charge in [0.1, 0.15) is 0 Å². The van der Waals surface area contributed by atoms with E-state index in [0.717, 1.165) is 12.5 Å². The average molecular weight is 230 g/mol. The summed E-state index contributed by atoms with van der Waals surface area (Å²) in [5.41, 5.74) is 4.35. The summed E-state index contributed by atoms with van der Waals surface area (Å²) < 4.78 is 0. The lowest BCUT2D eigenvalue weighted by Gasteiger charge is -2.31. The molecule has 2 aliphatic heterocycles.